The van der Waals surface area contributed by atoms with E-state index in [1.807, 2.05) is 60.7 Å². The quantitative estimate of drug-likeness (QED) is 0.197. The Balaban J connectivity index is 2.06. The molecule has 0 bridgehead atoms. The SMILES string of the molecule is CC[Si](C#CC1(COCc2ccccc2)OC(OC(C)=O)C(OC(C)=O)C1OCc1ccccc1)(CC)CC. The third kappa shape index (κ3) is 8.26. The third-order valence-electron chi connectivity index (χ3n) is 7.21. The second-order valence-electron chi connectivity index (χ2n) is 9.85. The molecule has 4 unspecified atom stereocenters. The van der Waals surface area contributed by atoms with Crippen molar-refractivity contribution in [1.29, 1.82) is 0 Å². The van der Waals surface area contributed by atoms with E-state index in [1.165, 1.54) is 13.8 Å². The van der Waals surface area contributed by atoms with E-state index in [4.69, 9.17) is 23.7 Å². The van der Waals surface area contributed by atoms with Crippen molar-refractivity contribution >= 4 is 20.0 Å². The van der Waals surface area contributed by atoms with E-state index >= 15 is 0 Å². The number of hydrogen-bond donors (Lipinski definition) is 0. The molecule has 0 spiro atoms. The zero-order valence-corrected chi connectivity index (χ0v) is 24.6. The molecule has 2 aromatic carbocycles. The van der Waals surface area contributed by atoms with Crippen LogP contribution in [0.1, 0.15) is 45.7 Å². The molecule has 210 valence electrons. The fourth-order valence-corrected chi connectivity index (χ4v) is 7.21. The van der Waals surface area contributed by atoms with Gasteiger partial charge in [0.2, 0.25) is 6.29 Å². The summed E-state index contributed by atoms with van der Waals surface area (Å²) in [6, 6.07) is 22.4. The number of benzene rings is 2. The van der Waals surface area contributed by atoms with Gasteiger partial charge in [0.25, 0.3) is 0 Å². The van der Waals surface area contributed by atoms with Gasteiger partial charge in [-0.25, -0.2) is 0 Å². The Labute approximate surface area is 233 Å². The molecule has 4 atom stereocenters. The van der Waals surface area contributed by atoms with Gasteiger partial charge >= 0.3 is 11.9 Å². The molecule has 1 saturated heterocycles. The van der Waals surface area contributed by atoms with Crippen LogP contribution < -0.4 is 0 Å². The molecule has 0 N–H and O–H groups in total. The van der Waals surface area contributed by atoms with Gasteiger partial charge < -0.3 is 23.7 Å². The molecule has 0 aromatic heterocycles. The van der Waals surface area contributed by atoms with Crippen LogP contribution in [0.2, 0.25) is 18.1 Å². The predicted octanol–water partition coefficient (Wildman–Crippen LogP) is 5.43. The van der Waals surface area contributed by atoms with Crippen molar-refractivity contribution in [3.8, 4) is 11.5 Å². The highest BCUT2D eigenvalue weighted by Gasteiger charge is 2.59. The Kier molecular flexibility index (Phi) is 11.3. The minimum atomic E-state index is -1.93. The summed E-state index contributed by atoms with van der Waals surface area (Å²) >= 11 is 0. The minimum absolute atomic E-state index is 0.0332. The number of hydrogen-bond acceptors (Lipinski definition) is 7. The van der Waals surface area contributed by atoms with Crippen LogP contribution in [0, 0.1) is 11.5 Å². The molecule has 8 heteroatoms. The van der Waals surface area contributed by atoms with Crippen molar-refractivity contribution in [3.63, 3.8) is 0 Å². The number of esters is 2. The second kappa shape index (κ2) is 14.4. The van der Waals surface area contributed by atoms with E-state index in [1.54, 1.807) is 0 Å². The van der Waals surface area contributed by atoms with Crippen LogP contribution in [0.4, 0.5) is 0 Å². The lowest BCUT2D eigenvalue weighted by Crippen LogP contribution is -2.49. The highest BCUT2D eigenvalue weighted by molar-refractivity contribution is 6.87. The lowest BCUT2D eigenvalue weighted by Gasteiger charge is -2.31. The summed E-state index contributed by atoms with van der Waals surface area (Å²) < 4.78 is 30.2. The van der Waals surface area contributed by atoms with E-state index in [-0.39, 0.29) is 13.2 Å². The molecular weight excluding hydrogens is 512 g/mol. The van der Waals surface area contributed by atoms with Gasteiger partial charge in [-0.2, -0.15) is 0 Å². The van der Waals surface area contributed by atoms with Crippen LogP contribution in [0.5, 0.6) is 0 Å². The molecule has 0 radical (unpaired) electrons. The monoisotopic (exact) mass is 552 g/mol. The molecule has 0 amide bonds. The number of carbonyl (C=O) groups excluding carboxylic acids is 2. The maximum absolute atomic E-state index is 12.2. The topological polar surface area (TPSA) is 80.3 Å². The smallest absolute Gasteiger partial charge is 0.305 e. The van der Waals surface area contributed by atoms with E-state index in [0.717, 1.165) is 29.3 Å². The van der Waals surface area contributed by atoms with Crippen molar-refractivity contribution in [2.45, 2.75) is 90.1 Å². The Morgan fingerprint density at radius 2 is 1.38 bits per heavy atom. The molecule has 1 fully saturated rings. The fraction of sp³-hybridized carbons (Fsp3) is 0.484. The van der Waals surface area contributed by atoms with Gasteiger partial charge in [0.05, 0.1) is 19.8 Å². The van der Waals surface area contributed by atoms with Gasteiger partial charge in [-0.15, -0.1) is 5.54 Å². The largest absolute Gasteiger partial charge is 0.453 e. The first-order valence-electron chi connectivity index (χ1n) is 13.6. The van der Waals surface area contributed by atoms with Gasteiger partial charge in [-0.05, 0) is 29.3 Å². The predicted molar refractivity (Wildman–Crippen MR) is 151 cm³/mol. The number of carbonyl (C=O) groups is 2. The zero-order valence-electron chi connectivity index (χ0n) is 23.6. The summed E-state index contributed by atoms with van der Waals surface area (Å²) in [5.74, 6) is 2.32. The number of ether oxygens (including phenoxy) is 5. The maximum atomic E-state index is 12.2. The summed E-state index contributed by atoms with van der Waals surface area (Å²) in [6.07, 6.45) is -3.08. The van der Waals surface area contributed by atoms with E-state index < -0.39 is 44.1 Å². The summed E-state index contributed by atoms with van der Waals surface area (Å²) in [5.41, 5.74) is 4.21. The van der Waals surface area contributed by atoms with Crippen LogP contribution in [0.25, 0.3) is 0 Å². The molecular formula is C31H40O7Si. The van der Waals surface area contributed by atoms with Gasteiger partial charge in [-0.3, -0.25) is 9.59 Å². The van der Waals surface area contributed by atoms with Gasteiger partial charge in [0, 0.05) is 13.8 Å². The summed E-state index contributed by atoms with van der Waals surface area (Å²) in [7, 11) is -1.93. The summed E-state index contributed by atoms with van der Waals surface area (Å²) in [4.78, 5) is 24.2. The highest BCUT2D eigenvalue weighted by Crippen LogP contribution is 2.38. The molecule has 1 heterocycles. The standard InChI is InChI=1S/C31H40O7Si/c1-6-39(7-2,8-3)20-19-31(23-34-21-26-15-11-9-12-16-26)29(35-22-27-17-13-10-14-18-27)28(36-24(4)32)30(38-31)37-25(5)33/h9-18,28-30H,6-8,21-23H2,1-5H3. The normalized spacial score (nSPS) is 22.5. The van der Waals surface area contributed by atoms with Crippen molar-refractivity contribution in [2.24, 2.45) is 0 Å². The van der Waals surface area contributed by atoms with Gasteiger partial charge in [0.15, 0.2) is 11.7 Å². The Morgan fingerprint density at radius 1 is 0.846 bits per heavy atom. The maximum Gasteiger partial charge on any atom is 0.305 e. The average molecular weight is 553 g/mol. The molecule has 3 rings (SSSR count). The minimum Gasteiger partial charge on any atom is -0.453 e. The molecule has 1 aliphatic heterocycles. The van der Waals surface area contributed by atoms with Crippen molar-refractivity contribution in [3.05, 3.63) is 71.8 Å². The van der Waals surface area contributed by atoms with Gasteiger partial charge in [-0.1, -0.05) is 87.4 Å². The van der Waals surface area contributed by atoms with Crippen LogP contribution in [0.3, 0.4) is 0 Å². The molecule has 2 aromatic rings. The number of rotatable bonds is 12. The van der Waals surface area contributed by atoms with E-state index in [2.05, 4.69) is 32.2 Å². The van der Waals surface area contributed by atoms with E-state index in [9.17, 15) is 9.59 Å². The zero-order chi connectivity index (χ0) is 28.3. The first-order chi connectivity index (χ1) is 18.8. The van der Waals surface area contributed by atoms with Crippen LogP contribution in [-0.2, 0) is 46.5 Å². The van der Waals surface area contributed by atoms with Crippen LogP contribution in [0.15, 0.2) is 60.7 Å². The molecule has 39 heavy (non-hydrogen) atoms. The fourth-order valence-electron chi connectivity index (χ4n) is 4.70. The van der Waals surface area contributed by atoms with Crippen LogP contribution in [-0.4, -0.2) is 50.7 Å². The average Bonchev–Trinajstić information content (AvgIpc) is 3.20. The highest BCUT2D eigenvalue weighted by atomic mass is 28.3. The van der Waals surface area contributed by atoms with E-state index in [0.29, 0.717) is 6.61 Å². The lowest BCUT2D eigenvalue weighted by molar-refractivity contribution is -0.203. The third-order valence-corrected chi connectivity index (χ3v) is 11.9. The van der Waals surface area contributed by atoms with Crippen LogP contribution >= 0.6 is 0 Å². The molecule has 7 nitrogen and oxygen atoms in total. The Bertz CT molecular complexity index is 1120. The molecule has 0 aliphatic carbocycles. The summed E-state index contributed by atoms with van der Waals surface area (Å²) in [6.45, 7) is 9.70. The van der Waals surface area contributed by atoms with Crippen molar-refractivity contribution < 1.29 is 33.3 Å². The van der Waals surface area contributed by atoms with Crippen molar-refractivity contribution in [1.82, 2.24) is 0 Å². The van der Waals surface area contributed by atoms with Crippen molar-refractivity contribution in [2.75, 3.05) is 6.61 Å². The Morgan fingerprint density at radius 3 is 1.90 bits per heavy atom. The first kappa shape index (κ1) is 30.6. The van der Waals surface area contributed by atoms with Gasteiger partial charge in [0.1, 0.15) is 14.2 Å². The second-order valence-corrected chi connectivity index (χ2v) is 14.8. The summed E-state index contributed by atoms with van der Waals surface area (Å²) in [5, 5.41) is 0. The first-order valence-corrected chi connectivity index (χ1v) is 16.2. The molecule has 1 aliphatic rings. The lowest BCUT2D eigenvalue weighted by atomic mass is 9.96. The molecule has 0 saturated carbocycles. The Hall–Kier alpha value is -2.96.